The maximum Gasteiger partial charge on any atom is 0.323 e. The molecule has 20 heavy (non-hydrogen) atoms. The topological polar surface area (TPSA) is 66.8 Å². The molecule has 2 rings (SSSR count). The van der Waals surface area contributed by atoms with Gasteiger partial charge in [0.2, 0.25) is 5.91 Å². The van der Waals surface area contributed by atoms with Crippen molar-refractivity contribution in [2.45, 2.75) is 13.0 Å². The Morgan fingerprint density at radius 3 is 2.60 bits per heavy atom. The van der Waals surface area contributed by atoms with Gasteiger partial charge in [-0.05, 0) is 24.1 Å². The summed E-state index contributed by atoms with van der Waals surface area (Å²) in [5.41, 5.74) is -0.531. The lowest BCUT2D eigenvalue weighted by atomic mass is 9.87. The lowest BCUT2D eigenvalue weighted by Gasteiger charge is -2.20. The molecule has 5 heteroatoms. The monoisotopic (exact) mass is 275 g/mol. The van der Waals surface area contributed by atoms with E-state index in [1.54, 1.807) is 12.0 Å². The second-order valence-corrected chi connectivity index (χ2v) is 4.81. The molecule has 1 aromatic rings. The molecular weight excluding hydrogens is 258 g/mol. The number of amides is 1. The third kappa shape index (κ3) is 2.27. The summed E-state index contributed by atoms with van der Waals surface area (Å²) in [6, 6.07) is 7.35. The smallest absolute Gasteiger partial charge is 0.323 e. The molecular formula is C15H17NO4. The number of hydrogen-bond donors (Lipinski definition) is 1. The predicted octanol–water partition coefficient (Wildman–Crippen LogP) is 1.68. The molecule has 1 aliphatic rings. The summed E-state index contributed by atoms with van der Waals surface area (Å²) in [6.45, 7) is 4.32. The van der Waals surface area contributed by atoms with Crippen molar-refractivity contribution in [3.63, 3.8) is 0 Å². The molecule has 0 bridgehead atoms. The normalized spacial score (nSPS) is 21.9. The summed E-state index contributed by atoms with van der Waals surface area (Å²) in [5, 5.41) is 9.25. The van der Waals surface area contributed by atoms with E-state index in [0.29, 0.717) is 13.1 Å². The zero-order valence-electron chi connectivity index (χ0n) is 11.3. The number of ether oxygens (including phenoxy) is 1. The number of nitrogens with zero attached hydrogens (tertiary/aromatic N) is 1. The predicted molar refractivity (Wildman–Crippen MR) is 73.3 cm³/mol. The maximum atomic E-state index is 12.3. The molecule has 1 saturated heterocycles. The van der Waals surface area contributed by atoms with E-state index in [1.807, 2.05) is 24.3 Å². The first-order valence-electron chi connectivity index (χ1n) is 6.33. The minimum atomic E-state index is -1.47. The zero-order chi connectivity index (χ0) is 14.8. The van der Waals surface area contributed by atoms with Crippen LogP contribution in [0, 0.1) is 5.41 Å². The number of rotatable bonds is 5. The Hall–Kier alpha value is -2.30. The number of carboxylic acid groups (broad SMARTS) is 1. The lowest BCUT2D eigenvalue weighted by Crippen LogP contribution is -2.38. The largest absolute Gasteiger partial charge is 0.497 e. The number of likely N-dealkylation sites (tertiary alicyclic amines) is 1. The van der Waals surface area contributed by atoms with Crippen molar-refractivity contribution < 1.29 is 19.4 Å². The van der Waals surface area contributed by atoms with Crippen molar-refractivity contribution in [2.75, 3.05) is 13.7 Å². The van der Waals surface area contributed by atoms with Crippen LogP contribution in [0.2, 0.25) is 0 Å². The average Bonchev–Trinajstić information content (AvgIpc) is 2.78. The zero-order valence-corrected chi connectivity index (χ0v) is 11.3. The average molecular weight is 275 g/mol. The number of aliphatic carboxylic acids is 1. The van der Waals surface area contributed by atoms with Crippen molar-refractivity contribution in [3.05, 3.63) is 42.5 Å². The van der Waals surface area contributed by atoms with Gasteiger partial charge in [0.25, 0.3) is 0 Å². The van der Waals surface area contributed by atoms with Crippen LogP contribution in [0.4, 0.5) is 0 Å². The van der Waals surface area contributed by atoms with Gasteiger partial charge < -0.3 is 14.7 Å². The highest BCUT2D eigenvalue weighted by Crippen LogP contribution is 2.34. The van der Waals surface area contributed by atoms with Gasteiger partial charge in [-0.3, -0.25) is 9.59 Å². The number of hydrogen-bond acceptors (Lipinski definition) is 3. The van der Waals surface area contributed by atoms with E-state index in [9.17, 15) is 14.7 Å². The highest BCUT2D eigenvalue weighted by molar-refractivity contribution is 6.05. The van der Waals surface area contributed by atoms with Gasteiger partial charge in [0, 0.05) is 13.1 Å². The standard InChI is InChI=1S/C15H17NO4/c1-3-15(14(18)19)8-9-16(13(15)17)10-11-4-6-12(20-2)7-5-11/h3-7H,1,8-10H2,2H3,(H,18,19)/t15-/m1/s1. The third-order valence-corrected chi connectivity index (χ3v) is 3.71. The van der Waals surface area contributed by atoms with Gasteiger partial charge in [0.15, 0.2) is 5.41 Å². The van der Waals surface area contributed by atoms with Crippen LogP contribution in [0.25, 0.3) is 0 Å². The molecule has 0 aliphatic carbocycles. The number of methoxy groups -OCH3 is 1. The summed E-state index contributed by atoms with van der Waals surface area (Å²) < 4.78 is 5.07. The second-order valence-electron chi connectivity index (χ2n) is 4.81. The fraction of sp³-hybridized carbons (Fsp3) is 0.333. The van der Waals surface area contributed by atoms with Crippen molar-refractivity contribution in [2.24, 2.45) is 5.41 Å². The fourth-order valence-corrected chi connectivity index (χ4v) is 2.38. The second kappa shape index (κ2) is 5.36. The van der Waals surface area contributed by atoms with E-state index < -0.39 is 17.3 Å². The molecule has 1 fully saturated rings. The molecule has 1 heterocycles. The number of carboxylic acids is 1. The molecule has 1 atom stereocenters. The SMILES string of the molecule is C=C[C@@]1(C(=O)O)CCN(Cc2ccc(OC)cc2)C1=O. The summed E-state index contributed by atoms with van der Waals surface area (Å²) in [6.07, 6.45) is 1.51. The minimum Gasteiger partial charge on any atom is -0.497 e. The molecule has 1 amide bonds. The molecule has 0 aromatic heterocycles. The van der Waals surface area contributed by atoms with Crippen molar-refractivity contribution in [1.82, 2.24) is 4.90 Å². The van der Waals surface area contributed by atoms with E-state index in [-0.39, 0.29) is 6.42 Å². The maximum absolute atomic E-state index is 12.3. The molecule has 1 aliphatic heterocycles. The molecule has 106 valence electrons. The van der Waals surface area contributed by atoms with Crippen LogP contribution in [0.5, 0.6) is 5.75 Å². The molecule has 0 radical (unpaired) electrons. The first-order chi connectivity index (χ1) is 9.53. The molecule has 5 nitrogen and oxygen atoms in total. The van der Waals surface area contributed by atoms with Crippen LogP contribution in [0.1, 0.15) is 12.0 Å². The fourth-order valence-electron chi connectivity index (χ4n) is 2.38. The van der Waals surface area contributed by atoms with Gasteiger partial charge in [-0.1, -0.05) is 18.2 Å². The summed E-state index contributed by atoms with van der Waals surface area (Å²) in [5.74, 6) is -0.780. The Morgan fingerprint density at radius 2 is 2.15 bits per heavy atom. The Kier molecular flexibility index (Phi) is 3.79. The van der Waals surface area contributed by atoms with Crippen LogP contribution in [0.3, 0.4) is 0 Å². The molecule has 0 saturated carbocycles. The van der Waals surface area contributed by atoms with Gasteiger partial charge in [-0.2, -0.15) is 0 Å². The van der Waals surface area contributed by atoms with Crippen LogP contribution < -0.4 is 4.74 Å². The Balaban J connectivity index is 2.13. The van der Waals surface area contributed by atoms with Crippen LogP contribution >= 0.6 is 0 Å². The first-order valence-corrected chi connectivity index (χ1v) is 6.33. The summed E-state index contributed by atoms with van der Waals surface area (Å²) in [7, 11) is 1.59. The van der Waals surface area contributed by atoms with Crippen LogP contribution in [-0.2, 0) is 16.1 Å². The molecule has 1 aromatic carbocycles. The van der Waals surface area contributed by atoms with Crippen molar-refractivity contribution >= 4 is 11.9 Å². The Labute approximate surface area is 117 Å². The summed E-state index contributed by atoms with van der Waals surface area (Å²) >= 11 is 0. The Bertz CT molecular complexity index is 537. The van der Waals surface area contributed by atoms with E-state index >= 15 is 0 Å². The van der Waals surface area contributed by atoms with E-state index in [0.717, 1.165) is 11.3 Å². The molecule has 0 unspecified atom stereocenters. The molecule has 1 N–H and O–H groups in total. The Morgan fingerprint density at radius 1 is 1.50 bits per heavy atom. The van der Waals surface area contributed by atoms with Crippen molar-refractivity contribution in [1.29, 1.82) is 0 Å². The van der Waals surface area contributed by atoms with E-state index in [1.165, 1.54) is 6.08 Å². The molecule has 0 spiro atoms. The number of carbonyl (C=O) groups excluding carboxylic acids is 1. The lowest BCUT2D eigenvalue weighted by molar-refractivity contribution is -0.152. The van der Waals surface area contributed by atoms with Crippen molar-refractivity contribution in [3.8, 4) is 5.75 Å². The van der Waals surface area contributed by atoms with E-state index in [4.69, 9.17) is 4.74 Å². The van der Waals surface area contributed by atoms with Crippen LogP contribution in [0.15, 0.2) is 36.9 Å². The first kappa shape index (κ1) is 14.1. The van der Waals surface area contributed by atoms with Crippen LogP contribution in [-0.4, -0.2) is 35.5 Å². The van der Waals surface area contributed by atoms with Gasteiger partial charge in [-0.15, -0.1) is 6.58 Å². The van der Waals surface area contributed by atoms with Gasteiger partial charge >= 0.3 is 5.97 Å². The van der Waals surface area contributed by atoms with Gasteiger partial charge in [0.1, 0.15) is 5.75 Å². The highest BCUT2D eigenvalue weighted by atomic mass is 16.5. The van der Waals surface area contributed by atoms with E-state index in [2.05, 4.69) is 6.58 Å². The minimum absolute atomic E-state index is 0.265. The van der Waals surface area contributed by atoms with Gasteiger partial charge in [0.05, 0.1) is 7.11 Å². The van der Waals surface area contributed by atoms with Gasteiger partial charge in [-0.25, -0.2) is 0 Å². The highest BCUT2D eigenvalue weighted by Gasteiger charge is 2.50. The quantitative estimate of drug-likeness (QED) is 0.656. The number of carbonyl (C=O) groups is 2. The third-order valence-electron chi connectivity index (χ3n) is 3.71. The summed E-state index contributed by atoms with van der Waals surface area (Å²) in [4.78, 5) is 25.1. The number of benzene rings is 1.